The van der Waals surface area contributed by atoms with Crippen molar-refractivity contribution in [3.63, 3.8) is 0 Å². The summed E-state index contributed by atoms with van der Waals surface area (Å²) in [6.07, 6.45) is 1.09. The molecule has 0 spiro atoms. The summed E-state index contributed by atoms with van der Waals surface area (Å²) in [7, 11) is 1.75. The molecule has 1 heterocycles. The molecule has 0 aliphatic carbocycles. The molecule has 0 aromatic heterocycles. The van der Waals surface area contributed by atoms with E-state index in [4.69, 9.17) is 9.47 Å². The number of aryl methyl sites for hydroxylation is 1. The maximum absolute atomic E-state index is 6.15. The van der Waals surface area contributed by atoms with E-state index in [1.807, 2.05) is 12.1 Å². The number of benzene rings is 2. The fourth-order valence-electron chi connectivity index (χ4n) is 3.95. The van der Waals surface area contributed by atoms with Crippen molar-refractivity contribution in [1.82, 2.24) is 0 Å². The Hall–Kier alpha value is -2.20. The van der Waals surface area contributed by atoms with Crippen LogP contribution in [0.5, 0.6) is 11.5 Å². The predicted octanol–water partition coefficient (Wildman–Crippen LogP) is 3.30. The van der Waals surface area contributed by atoms with Gasteiger partial charge in [0, 0.05) is 6.42 Å². The van der Waals surface area contributed by atoms with Crippen molar-refractivity contribution in [3.8, 4) is 11.5 Å². The lowest BCUT2D eigenvalue weighted by Crippen LogP contribution is -3.14. The lowest BCUT2D eigenvalue weighted by atomic mass is 10.0. The smallest absolute Gasteiger partial charge is 0.142 e. The van der Waals surface area contributed by atoms with Gasteiger partial charge in [0.25, 0.3) is 0 Å². The Morgan fingerprint density at radius 3 is 2.50 bits per heavy atom. The summed E-state index contributed by atoms with van der Waals surface area (Å²) in [6, 6.07) is 14.9. The van der Waals surface area contributed by atoms with Crippen molar-refractivity contribution in [1.29, 1.82) is 0 Å². The summed E-state index contributed by atoms with van der Waals surface area (Å²) in [5, 5.41) is 0. The van der Waals surface area contributed by atoms with E-state index >= 15 is 0 Å². The first-order chi connectivity index (χ1) is 13.6. The molecule has 1 aliphatic rings. The van der Waals surface area contributed by atoms with Crippen LogP contribution in [0, 0.1) is 6.92 Å². The molecule has 0 bridgehead atoms. The number of methoxy groups -OCH3 is 1. The molecular weight excluding hydrogens is 348 g/mol. The van der Waals surface area contributed by atoms with Gasteiger partial charge in [-0.3, -0.25) is 0 Å². The Balaban J connectivity index is 1.44. The number of hydrogen-bond acceptors (Lipinski definition) is 3. The standard InChI is InChI=1S/C24H34N2O2/c1-19(2)21-11-10-20(3)18-24(21)28-17-7-12-25-13-15-26(16-14-25)22-8-5-6-9-23(22)27-4/h5-6,8-11,18-19H,7,12-17H2,1-4H3/p+1. The summed E-state index contributed by atoms with van der Waals surface area (Å²) in [5.41, 5.74) is 3.79. The Bertz CT molecular complexity index is 752. The Labute approximate surface area is 170 Å². The van der Waals surface area contributed by atoms with Gasteiger partial charge in [-0.25, -0.2) is 0 Å². The van der Waals surface area contributed by atoms with Crippen LogP contribution in [0.25, 0.3) is 0 Å². The minimum absolute atomic E-state index is 0.490. The molecule has 1 aliphatic heterocycles. The van der Waals surface area contributed by atoms with Gasteiger partial charge in [-0.05, 0) is 42.2 Å². The number of quaternary nitrogens is 1. The Morgan fingerprint density at radius 2 is 1.79 bits per heavy atom. The summed E-state index contributed by atoms with van der Waals surface area (Å²) >= 11 is 0. The average Bonchev–Trinajstić information content (AvgIpc) is 2.71. The molecule has 0 radical (unpaired) electrons. The molecule has 0 saturated carbocycles. The van der Waals surface area contributed by atoms with Crippen molar-refractivity contribution in [2.45, 2.75) is 33.1 Å². The first kappa shape index (κ1) is 20.5. The van der Waals surface area contributed by atoms with E-state index < -0.39 is 0 Å². The highest BCUT2D eigenvalue weighted by atomic mass is 16.5. The minimum atomic E-state index is 0.490. The Morgan fingerprint density at radius 1 is 1.04 bits per heavy atom. The third-order valence-corrected chi connectivity index (χ3v) is 5.62. The van der Waals surface area contributed by atoms with Gasteiger partial charge in [0.1, 0.15) is 11.5 Å². The molecule has 4 heteroatoms. The molecule has 1 saturated heterocycles. The lowest BCUT2D eigenvalue weighted by Gasteiger charge is -2.34. The van der Waals surface area contributed by atoms with Crippen LogP contribution in [0.2, 0.25) is 0 Å². The number of piperazine rings is 1. The van der Waals surface area contributed by atoms with E-state index in [0.29, 0.717) is 5.92 Å². The molecule has 28 heavy (non-hydrogen) atoms. The van der Waals surface area contributed by atoms with Crippen molar-refractivity contribution in [2.75, 3.05) is 51.3 Å². The molecule has 0 unspecified atom stereocenters. The van der Waals surface area contributed by atoms with E-state index in [0.717, 1.165) is 37.6 Å². The quantitative estimate of drug-likeness (QED) is 0.709. The fraction of sp³-hybridized carbons (Fsp3) is 0.500. The second kappa shape index (κ2) is 9.83. The van der Waals surface area contributed by atoms with Crippen LogP contribution in [0.1, 0.15) is 37.3 Å². The van der Waals surface area contributed by atoms with Gasteiger partial charge in [0.15, 0.2) is 0 Å². The van der Waals surface area contributed by atoms with Crippen LogP contribution < -0.4 is 19.3 Å². The van der Waals surface area contributed by atoms with Gasteiger partial charge >= 0.3 is 0 Å². The third-order valence-electron chi connectivity index (χ3n) is 5.62. The SMILES string of the molecule is COc1ccccc1N1CC[NH+](CCCOc2cc(C)ccc2C(C)C)CC1. The van der Waals surface area contributed by atoms with Gasteiger partial charge in [-0.2, -0.15) is 0 Å². The molecule has 2 aromatic carbocycles. The van der Waals surface area contributed by atoms with E-state index in [2.05, 4.69) is 56.0 Å². The third kappa shape index (κ3) is 5.20. The number of nitrogens with one attached hydrogen (secondary N) is 1. The molecular formula is C24H35N2O2+. The zero-order valence-electron chi connectivity index (χ0n) is 17.8. The lowest BCUT2D eigenvalue weighted by molar-refractivity contribution is -0.900. The average molecular weight is 384 g/mol. The predicted molar refractivity (Wildman–Crippen MR) is 116 cm³/mol. The number of anilines is 1. The molecule has 0 amide bonds. The van der Waals surface area contributed by atoms with Gasteiger partial charge in [-0.1, -0.05) is 38.1 Å². The molecule has 1 fully saturated rings. The fourth-order valence-corrected chi connectivity index (χ4v) is 3.95. The van der Waals surface area contributed by atoms with Crippen molar-refractivity contribution in [3.05, 3.63) is 53.6 Å². The van der Waals surface area contributed by atoms with Gasteiger partial charge < -0.3 is 19.3 Å². The first-order valence-electron chi connectivity index (χ1n) is 10.5. The van der Waals surface area contributed by atoms with E-state index in [1.54, 1.807) is 12.0 Å². The van der Waals surface area contributed by atoms with E-state index in [-0.39, 0.29) is 0 Å². The zero-order valence-corrected chi connectivity index (χ0v) is 17.8. The normalized spacial score (nSPS) is 15.1. The second-order valence-corrected chi connectivity index (χ2v) is 8.06. The molecule has 152 valence electrons. The van der Waals surface area contributed by atoms with Crippen LogP contribution >= 0.6 is 0 Å². The summed E-state index contributed by atoms with van der Waals surface area (Å²) in [6.45, 7) is 13.0. The number of nitrogens with zero attached hydrogens (tertiary/aromatic N) is 1. The van der Waals surface area contributed by atoms with Crippen LogP contribution in [-0.4, -0.2) is 46.4 Å². The maximum atomic E-state index is 6.15. The van der Waals surface area contributed by atoms with Crippen LogP contribution in [0.15, 0.2) is 42.5 Å². The van der Waals surface area contributed by atoms with E-state index in [1.165, 1.54) is 36.4 Å². The van der Waals surface area contributed by atoms with Gasteiger partial charge in [0.2, 0.25) is 0 Å². The molecule has 4 nitrogen and oxygen atoms in total. The van der Waals surface area contributed by atoms with Crippen LogP contribution in [0.4, 0.5) is 5.69 Å². The molecule has 0 atom stereocenters. The molecule has 3 rings (SSSR count). The summed E-state index contributed by atoms with van der Waals surface area (Å²) in [5.74, 6) is 2.52. The Kier molecular flexibility index (Phi) is 7.21. The van der Waals surface area contributed by atoms with Gasteiger partial charge in [-0.15, -0.1) is 0 Å². The first-order valence-corrected chi connectivity index (χ1v) is 10.5. The zero-order chi connectivity index (χ0) is 19.9. The van der Waals surface area contributed by atoms with Crippen molar-refractivity contribution >= 4 is 5.69 Å². The highest BCUT2D eigenvalue weighted by Crippen LogP contribution is 2.28. The minimum Gasteiger partial charge on any atom is -0.495 e. The maximum Gasteiger partial charge on any atom is 0.142 e. The summed E-state index contributed by atoms with van der Waals surface area (Å²) < 4.78 is 11.7. The topological polar surface area (TPSA) is 26.1 Å². The molecule has 1 N–H and O–H groups in total. The van der Waals surface area contributed by atoms with Gasteiger partial charge in [0.05, 0.1) is 52.1 Å². The van der Waals surface area contributed by atoms with Crippen molar-refractivity contribution in [2.24, 2.45) is 0 Å². The number of rotatable bonds is 8. The highest BCUT2D eigenvalue weighted by Gasteiger charge is 2.21. The number of para-hydroxylation sites is 2. The molecule has 2 aromatic rings. The summed E-state index contributed by atoms with van der Waals surface area (Å²) in [4.78, 5) is 4.11. The monoisotopic (exact) mass is 383 g/mol. The van der Waals surface area contributed by atoms with Crippen molar-refractivity contribution < 1.29 is 14.4 Å². The van der Waals surface area contributed by atoms with E-state index in [9.17, 15) is 0 Å². The largest absolute Gasteiger partial charge is 0.495 e. The number of ether oxygens (including phenoxy) is 2. The van der Waals surface area contributed by atoms with Crippen LogP contribution in [0.3, 0.4) is 0 Å². The van der Waals surface area contributed by atoms with Crippen LogP contribution in [-0.2, 0) is 0 Å². The highest BCUT2D eigenvalue weighted by molar-refractivity contribution is 5.58. The second-order valence-electron chi connectivity index (χ2n) is 8.06. The number of hydrogen-bond donors (Lipinski definition) is 1.